The molecule has 12 rings (SSSR count). The first-order chi connectivity index (χ1) is 25.3. The highest BCUT2D eigenvalue weighted by Crippen LogP contribution is 2.47. The minimum Gasteiger partial charge on any atom is -0.456 e. The molecule has 0 radical (unpaired) electrons. The van der Waals surface area contributed by atoms with Gasteiger partial charge in [0.1, 0.15) is 22.3 Å². The third kappa shape index (κ3) is 3.81. The number of thiophene rings is 1. The number of benzene rings is 9. The molecule has 0 saturated carbocycles. The molecule has 0 aliphatic rings. The van der Waals surface area contributed by atoms with Gasteiger partial charge in [-0.15, -0.1) is 11.3 Å². The molecule has 9 aromatic carbocycles. The van der Waals surface area contributed by atoms with Crippen molar-refractivity contribution in [2.45, 2.75) is 0 Å². The quantitative estimate of drug-likeness (QED) is 0.172. The molecule has 236 valence electrons. The standard InChI is InChI=1S/C48H26O2S/c1-3-13-35-33(11-1)46(28-17-20-32-30-9-5-7-15-40(30)49-42(32)24-28)34-12-2-4-14-36(34)47(35)29-18-21-37-45(25-29)51-44-22-19-27-23-39-31-10-6-8-16-41(31)50-43(39)26-38(27)48(37)44/h1-26H. The molecule has 3 heteroatoms. The van der Waals surface area contributed by atoms with Gasteiger partial charge in [-0.3, -0.25) is 0 Å². The third-order valence-electron chi connectivity index (χ3n) is 10.8. The minimum atomic E-state index is 0.912. The van der Waals surface area contributed by atoms with E-state index in [2.05, 4.69) is 140 Å². The summed E-state index contributed by atoms with van der Waals surface area (Å²) in [5.41, 5.74) is 8.58. The van der Waals surface area contributed by atoms with E-state index in [1.807, 2.05) is 29.5 Å². The van der Waals surface area contributed by atoms with Crippen molar-refractivity contribution in [2.75, 3.05) is 0 Å². The Labute approximate surface area is 295 Å². The van der Waals surface area contributed by atoms with Crippen LogP contribution in [0.2, 0.25) is 0 Å². The summed E-state index contributed by atoms with van der Waals surface area (Å²) in [6.07, 6.45) is 0. The molecule has 3 heterocycles. The first-order valence-corrected chi connectivity index (χ1v) is 18.1. The molecular weight excluding hydrogens is 641 g/mol. The van der Waals surface area contributed by atoms with Crippen molar-refractivity contribution in [1.29, 1.82) is 0 Å². The van der Waals surface area contributed by atoms with Crippen LogP contribution in [0.15, 0.2) is 167 Å². The van der Waals surface area contributed by atoms with Gasteiger partial charge in [0, 0.05) is 41.7 Å². The van der Waals surface area contributed by atoms with Gasteiger partial charge in [-0.2, -0.15) is 0 Å². The Morgan fingerprint density at radius 3 is 1.47 bits per heavy atom. The van der Waals surface area contributed by atoms with Crippen LogP contribution in [-0.2, 0) is 0 Å². The molecule has 0 saturated heterocycles. The van der Waals surface area contributed by atoms with Gasteiger partial charge in [-0.1, -0.05) is 109 Å². The van der Waals surface area contributed by atoms with Crippen LogP contribution in [0.25, 0.3) is 119 Å². The Bertz CT molecular complexity index is 3370. The first-order valence-electron chi connectivity index (χ1n) is 17.3. The molecule has 0 atom stereocenters. The summed E-state index contributed by atoms with van der Waals surface area (Å²) in [6, 6.07) is 57.2. The lowest BCUT2D eigenvalue weighted by Crippen LogP contribution is -1.90. The third-order valence-corrected chi connectivity index (χ3v) is 12.0. The molecule has 0 fully saturated rings. The van der Waals surface area contributed by atoms with Crippen LogP contribution in [-0.4, -0.2) is 0 Å². The smallest absolute Gasteiger partial charge is 0.136 e. The van der Waals surface area contributed by atoms with Crippen LogP contribution >= 0.6 is 11.3 Å². The van der Waals surface area contributed by atoms with E-state index in [0.29, 0.717) is 0 Å². The average Bonchev–Trinajstić information content (AvgIpc) is 3.86. The van der Waals surface area contributed by atoms with E-state index < -0.39 is 0 Å². The summed E-state index contributed by atoms with van der Waals surface area (Å²) in [5.74, 6) is 0. The Morgan fingerprint density at radius 1 is 0.314 bits per heavy atom. The normalized spacial score (nSPS) is 12.3. The van der Waals surface area contributed by atoms with Crippen LogP contribution in [0.5, 0.6) is 0 Å². The van der Waals surface area contributed by atoms with Crippen molar-refractivity contribution in [3.8, 4) is 22.3 Å². The summed E-state index contributed by atoms with van der Waals surface area (Å²) in [4.78, 5) is 0. The van der Waals surface area contributed by atoms with Gasteiger partial charge in [0.25, 0.3) is 0 Å². The molecule has 0 unspecified atom stereocenters. The van der Waals surface area contributed by atoms with E-state index in [9.17, 15) is 0 Å². The molecule has 0 N–H and O–H groups in total. The second kappa shape index (κ2) is 10.1. The predicted octanol–water partition coefficient (Wildman–Crippen LogP) is 14.6. The summed E-state index contributed by atoms with van der Waals surface area (Å²) in [6.45, 7) is 0. The Hall–Kier alpha value is -6.42. The summed E-state index contributed by atoms with van der Waals surface area (Å²) < 4.78 is 15.3. The van der Waals surface area contributed by atoms with Gasteiger partial charge in [-0.25, -0.2) is 0 Å². The predicted molar refractivity (Wildman–Crippen MR) is 217 cm³/mol. The van der Waals surface area contributed by atoms with E-state index in [1.54, 1.807) is 0 Å². The summed E-state index contributed by atoms with van der Waals surface area (Å²) in [5, 5.41) is 14.6. The van der Waals surface area contributed by atoms with Crippen molar-refractivity contribution in [1.82, 2.24) is 0 Å². The van der Waals surface area contributed by atoms with E-state index in [1.165, 1.54) is 74.6 Å². The number of rotatable bonds is 2. The lowest BCUT2D eigenvalue weighted by atomic mass is 9.85. The number of furan rings is 2. The fourth-order valence-electron chi connectivity index (χ4n) is 8.61. The molecule has 0 bridgehead atoms. The molecule has 0 spiro atoms. The Morgan fingerprint density at radius 2 is 0.824 bits per heavy atom. The van der Waals surface area contributed by atoms with Gasteiger partial charge < -0.3 is 8.83 Å². The van der Waals surface area contributed by atoms with Gasteiger partial charge in [0.15, 0.2) is 0 Å². The zero-order chi connectivity index (χ0) is 33.2. The maximum absolute atomic E-state index is 6.36. The minimum absolute atomic E-state index is 0.912. The highest BCUT2D eigenvalue weighted by atomic mass is 32.1. The van der Waals surface area contributed by atoms with Crippen LogP contribution in [0.1, 0.15) is 0 Å². The van der Waals surface area contributed by atoms with Crippen LogP contribution in [0.4, 0.5) is 0 Å². The van der Waals surface area contributed by atoms with E-state index >= 15 is 0 Å². The van der Waals surface area contributed by atoms with Crippen LogP contribution in [0, 0.1) is 0 Å². The van der Waals surface area contributed by atoms with E-state index in [4.69, 9.17) is 8.83 Å². The summed E-state index contributed by atoms with van der Waals surface area (Å²) >= 11 is 1.87. The molecule has 3 aromatic heterocycles. The fraction of sp³-hybridized carbons (Fsp3) is 0. The Kier molecular flexibility index (Phi) is 5.41. The van der Waals surface area contributed by atoms with Crippen molar-refractivity contribution < 1.29 is 8.83 Å². The first kappa shape index (κ1) is 27.4. The van der Waals surface area contributed by atoms with E-state index in [-0.39, 0.29) is 0 Å². The van der Waals surface area contributed by atoms with Crippen molar-refractivity contribution in [3.63, 3.8) is 0 Å². The molecular formula is C48H26O2S. The monoisotopic (exact) mass is 666 g/mol. The second-order valence-electron chi connectivity index (χ2n) is 13.6. The highest BCUT2D eigenvalue weighted by molar-refractivity contribution is 7.26. The van der Waals surface area contributed by atoms with Gasteiger partial charge >= 0.3 is 0 Å². The molecule has 12 aromatic rings. The summed E-state index contributed by atoms with van der Waals surface area (Å²) in [7, 11) is 0. The van der Waals surface area contributed by atoms with Gasteiger partial charge in [0.2, 0.25) is 0 Å². The highest BCUT2D eigenvalue weighted by Gasteiger charge is 2.19. The zero-order valence-electron chi connectivity index (χ0n) is 27.2. The van der Waals surface area contributed by atoms with Crippen molar-refractivity contribution >= 4 is 108 Å². The number of hydrogen-bond acceptors (Lipinski definition) is 3. The molecule has 0 aliphatic carbocycles. The average molecular weight is 667 g/mol. The van der Waals surface area contributed by atoms with E-state index in [0.717, 1.165) is 44.1 Å². The van der Waals surface area contributed by atoms with Gasteiger partial charge in [-0.05, 0) is 103 Å². The zero-order valence-corrected chi connectivity index (χ0v) is 28.1. The van der Waals surface area contributed by atoms with Crippen molar-refractivity contribution in [3.05, 3.63) is 158 Å². The number of fused-ring (bicyclic) bond motifs is 13. The van der Waals surface area contributed by atoms with Crippen LogP contribution in [0.3, 0.4) is 0 Å². The second-order valence-corrected chi connectivity index (χ2v) is 14.7. The SMILES string of the molecule is c1ccc2c(c1)oc1cc(-c3c4ccccc4c(-c4ccc5c(c4)sc4ccc6cc7c(cc6c45)oc4ccccc47)c4ccccc34)ccc12. The maximum atomic E-state index is 6.36. The lowest BCUT2D eigenvalue weighted by Gasteiger charge is -2.17. The number of hydrogen-bond donors (Lipinski definition) is 0. The Balaban J connectivity index is 1.09. The van der Waals surface area contributed by atoms with Crippen LogP contribution < -0.4 is 0 Å². The lowest BCUT2D eigenvalue weighted by molar-refractivity contribution is 0.669. The van der Waals surface area contributed by atoms with Crippen molar-refractivity contribution in [2.24, 2.45) is 0 Å². The number of para-hydroxylation sites is 2. The molecule has 0 aliphatic heterocycles. The molecule has 0 amide bonds. The fourth-order valence-corrected chi connectivity index (χ4v) is 9.77. The molecule has 2 nitrogen and oxygen atoms in total. The topological polar surface area (TPSA) is 26.3 Å². The van der Waals surface area contributed by atoms with Gasteiger partial charge in [0.05, 0.1) is 0 Å². The molecule has 51 heavy (non-hydrogen) atoms. The maximum Gasteiger partial charge on any atom is 0.136 e. The largest absolute Gasteiger partial charge is 0.456 e.